The number of ether oxygens (including phenoxy) is 3. The first-order chi connectivity index (χ1) is 13.4. The van der Waals surface area contributed by atoms with E-state index in [0.29, 0.717) is 37.7 Å². The standard InChI is InChI=1S/C19H19F3N2O4/c20-19(21,22)28-16-8-6-14(7-9-16)23-18(25)24-10-11-26-13-17(12-24)27-15-4-2-1-3-5-15/h1-9,17H,10-13H2,(H,23,25)/t17-/m1/s1. The van der Waals surface area contributed by atoms with Crippen LogP contribution in [-0.2, 0) is 4.74 Å². The van der Waals surface area contributed by atoms with Crippen LogP contribution in [0.3, 0.4) is 0 Å². The number of carbonyl (C=O) groups excluding carboxylic acids is 1. The van der Waals surface area contributed by atoms with E-state index in [4.69, 9.17) is 9.47 Å². The Hall–Kier alpha value is -2.94. The zero-order chi connectivity index (χ0) is 20.0. The molecule has 0 saturated carbocycles. The van der Waals surface area contributed by atoms with Crippen molar-refractivity contribution >= 4 is 11.7 Å². The number of urea groups is 1. The van der Waals surface area contributed by atoms with E-state index in [-0.39, 0.29) is 11.9 Å². The Morgan fingerprint density at radius 3 is 2.46 bits per heavy atom. The fourth-order valence-electron chi connectivity index (χ4n) is 2.67. The minimum absolute atomic E-state index is 0.315. The Kier molecular flexibility index (Phi) is 6.25. The molecular formula is C19H19F3N2O4. The van der Waals surface area contributed by atoms with Gasteiger partial charge in [-0.05, 0) is 36.4 Å². The lowest BCUT2D eigenvalue weighted by atomic mass is 10.3. The second kappa shape index (κ2) is 8.83. The lowest BCUT2D eigenvalue weighted by Gasteiger charge is -2.24. The average Bonchev–Trinajstić information content (AvgIpc) is 2.89. The molecule has 1 N–H and O–H groups in total. The van der Waals surface area contributed by atoms with Gasteiger partial charge in [0.15, 0.2) is 0 Å². The molecule has 3 rings (SSSR count). The number of anilines is 1. The summed E-state index contributed by atoms with van der Waals surface area (Å²) >= 11 is 0. The molecule has 1 aliphatic heterocycles. The first-order valence-electron chi connectivity index (χ1n) is 8.60. The SMILES string of the molecule is O=C(Nc1ccc(OC(F)(F)F)cc1)N1CCOC[C@H](Oc2ccccc2)C1. The van der Waals surface area contributed by atoms with Gasteiger partial charge in [-0.2, -0.15) is 0 Å². The molecule has 2 amide bonds. The van der Waals surface area contributed by atoms with E-state index < -0.39 is 12.4 Å². The van der Waals surface area contributed by atoms with Crippen molar-refractivity contribution in [3.8, 4) is 11.5 Å². The largest absolute Gasteiger partial charge is 0.573 e. The number of halogens is 3. The fourth-order valence-corrected chi connectivity index (χ4v) is 2.67. The molecule has 0 unspecified atom stereocenters. The van der Waals surface area contributed by atoms with Crippen molar-refractivity contribution in [3.63, 3.8) is 0 Å². The third-order valence-corrected chi connectivity index (χ3v) is 3.91. The molecular weight excluding hydrogens is 377 g/mol. The average molecular weight is 396 g/mol. The first kappa shape index (κ1) is 19.8. The molecule has 0 aliphatic carbocycles. The van der Waals surface area contributed by atoms with Gasteiger partial charge in [0.25, 0.3) is 0 Å². The summed E-state index contributed by atoms with van der Waals surface area (Å²) in [5.74, 6) is 0.323. The predicted molar refractivity (Wildman–Crippen MR) is 95.4 cm³/mol. The highest BCUT2D eigenvalue weighted by molar-refractivity contribution is 5.89. The molecule has 1 saturated heterocycles. The molecule has 1 atom stereocenters. The Morgan fingerprint density at radius 1 is 1.07 bits per heavy atom. The molecule has 1 fully saturated rings. The summed E-state index contributed by atoms with van der Waals surface area (Å²) in [6, 6.07) is 13.8. The summed E-state index contributed by atoms with van der Waals surface area (Å²) in [4.78, 5) is 14.1. The molecule has 9 heteroatoms. The normalized spacial score (nSPS) is 17.5. The number of amides is 2. The van der Waals surface area contributed by atoms with Crippen molar-refractivity contribution in [2.75, 3.05) is 31.6 Å². The van der Waals surface area contributed by atoms with Gasteiger partial charge in [-0.15, -0.1) is 13.2 Å². The lowest BCUT2D eigenvalue weighted by molar-refractivity contribution is -0.274. The maximum Gasteiger partial charge on any atom is 0.573 e. The van der Waals surface area contributed by atoms with Crippen molar-refractivity contribution in [1.82, 2.24) is 4.90 Å². The Bertz CT molecular complexity index is 769. The molecule has 28 heavy (non-hydrogen) atoms. The summed E-state index contributed by atoms with van der Waals surface area (Å²) in [5.41, 5.74) is 0.352. The fraction of sp³-hybridized carbons (Fsp3) is 0.316. The molecule has 0 bridgehead atoms. The molecule has 0 spiro atoms. The van der Waals surface area contributed by atoms with Crippen molar-refractivity contribution in [1.29, 1.82) is 0 Å². The number of alkyl halides is 3. The van der Waals surface area contributed by atoms with Gasteiger partial charge in [-0.25, -0.2) is 4.79 Å². The smallest absolute Gasteiger partial charge is 0.486 e. The Labute approximate surface area is 159 Å². The molecule has 2 aromatic rings. The Balaban J connectivity index is 1.58. The third-order valence-electron chi connectivity index (χ3n) is 3.91. The van der Waals surface area contributed by atoms with E-state index in [1.807, 2.05) is 30.3 Å². The molecule has 150 valence electrons. The maximum absolute atomic E-state index is 12.5. The number of nitrogens with zero attached hydrogens (tertiary/aromatic N) is 1. The van der Waals surface area contributed by atoms with Gasteiger partial charge >= 0.3 is 12.4 Å². The quantitative estimate of drug-likeness (QED) is 0.852. The topological polar surface area (TPSA) is 60.0 Å². The van der Waals surface area contributed by atoms with Crippen LogP contribution < -0.4 is 14.8 Å². The van der Waals surface area contributed by atoms with Crippen molar-refractivity contribution in [2.45, 2.75) is 12.5 Å². The van der Waals surface area contributed by atoms with E-state index in [1.165, 1.54) is 12.1 Å². The summed E-state index contributed by atoms with van der Waals surface area (Å²) in [6.07, 6.45) is -5.09. The van der Waals surface area contributed by atoms with Crippen molar-refractivity contribution in [2.24, 2.45) is 0 Å². The Morgan fingerprint density at radius 2 is 1.79 bits per heavy atom. The lowest BCUT2D eigenvalue weighted by Crippen LogP contribution is -2.42. The zero-order valence-corrected chi connectivity index (χ0v) is 14.8. The molecule has 6 nitrogen and oxygen atoms in total. The van der Waals surface area contributed by atoms with Gasteiger partial charge in [-0.1, -0.05) is 18.2 Å². The highest BCUT2D eigenvalue weighted by Crippen LogP contribution is 2.24. The highest BCUT2D eigenvalue weighted by Gasteiger charge is 2.31. The van der Waals surface area contributed by atoms with Gasteiger partial charge in [0, 0.05) is 12.2 Å². The van der Waals surface area contributed by atoms with Crippen LogP contribution in [0.1, 0.15) is 0 Å². The number of para-hydroxylation sites is 1. The summed E-state index contributed by atoms with van der Waals surface area (Å²) < 4.78 is 51.8. The van der Waals surface area contributed by atoms with Crippen LogP contribution in [0.4, 0.5) is 23.7 Å². The van der Waals surface area contributed by atoms with Gasteiger partial charge in [0.1, 0.15) is 17.6 Å². The second-order valence-electron chi connectivity index (χ2n) is 6.08. The van der Waals surface area contributed by atoms with E-state index in [2.05, 4.69) is 10.1 Å². The van der Waals surface area contributed by atoms with Crippen LogP contribution in [0, 0.1) is 0 Å². The van der Waals surface area contributed by atoms with Crippen LogP contribution >= 0.6 is 0 Å². The number of nitrogens with one attached hydrogen (secondary N) is 1. The number of hydrogen-bond donors (Lipinski definition) is 1. The van der Waals surface area contributed by atoms with E-state index in [9.17, 15) is 18.0 Å². The minimum Gasteiger partial charge on any atom is -0.486 e. The molecule has 0 aromatic heterocycles. The van der Waals surface area contributed by atoms with Crippen molar-refractivity contribution in [3.05, 3.63) is 54.6 Å². The molecule has 1 heterocycles. The molecule has 1 aliphatic rings. The van der Waals surface area contributed by atoms with Crippen LogP contribution in [0.5, 0.6) is 11.5 Å². The molecule has 2 aromatic carbocycles. The number of carbonyl (C=O) groups is 1. The molecule has 0 radical (unpaired) electrons. The maximum atomic E-state index is 12.5. The first-order valence-corrected chi connectivity index (χ1v) is 8.60. The summed E-state index contributed by atoms with van der Waals surface area (Å²) in [6.45, 7) is 1.40. The van der Waals surface area contributed by atoms with Crippen LogP contribution in [0.15, 0.2) is 54.6 Å². The van der Waals surface area contributed by atoms with Crippen LogP contribution in [0.25, 0.3) is 0 Å². The van der Waals surface area contributed by atoms with E-state index >= 15 is 0 Å². The number of benzene rings is 2. The summed E-state index contributed by atoms with van der Waals surface area (Å²) in [7, 11) is 0. The van der Waals surface area contributed by atoms with E-state index in [1.54, 1.807) is 4.90 Å². The second-order valence-corrected chi connectivity index (χ2v) is 6.08. The highest BCUT2D eigenvalue weighted by atomic mass is 19.4. The zero-order valence-electron chi connectivity index (χ0n) is 14.8. The predicted octanol–water partition coefficient (Wildman–Crippen LogP) is 3.90. The minimum atomic E-state index is -4.76. The number of rotatable bonds is 4. The van der Waals surface area contributed by atoms with E-state index in [0.717, 1.165) is 12.1 Å². The third kappa shape index (κ3) is 6.05. The van der Waals surface area contributed by atoms with Crippen LogP contribution in [0.2, 0.25) is 0 Å². The van der Waals surface area contributed by atoms with Crippen LogP contribution in [-0.4, -0.2) is 49.7 Å². The van der Waals surface area contributed by atoms with Gasteiger partial charge in [-0.3, -0.25) is 0 Å². The van der Waals surface area contributed by atoms with Gasteiger partial charge in [0.2, 0.25) is 0 Å². The summed E-state index contributed by atoms with van der Waals surface area (Å²) in [5, 5.41) is 2.65. The number of hydrogen-bond acceptors (Lipinski definition) is 4. The van der Waals surface area contributed by atoms with Gasteiger partial charge < -0.3 is 24.4 Å². The van der Waals surface area contributed by atoms with Crippen molar-refractivity contribution < 1.29 is 32.2 Å². The monoisotopic (exact) mass is 396 g/mol. The van der Waals surface area contributed by atoms with Gasteiger partial charge in [0.05, 0.1) is 19.8 Å².